The van der Waals surface area contributed by atoms with Crippen LogP contribution in [0.3, 0.4) is 0 Å². The number of thiophene rings is 2. The number of nitrogens with zero attached hydrogens (tertiary/aromatic N) is 2. The summed E-state index contributed by atoms with van der Waals surface area (Å²) in [4.78, 5) is 6.17. The second-order valence-electron chi connectivity index (χ2n) is 9.66. The van der Waals surface area contributed by atoms with Gasteiger partial charge in [-0.25, -0.2) is 4.99 Å². The first kappa shape index (κ1) is 21.1. The molecule has 0 saturated carbocycles. The number of para-hydroxylation sites is 1. The van der Waals surface area contributed by atoms with E-state index in [1.54, 1.807) is 11.3 Å². The van der Waals surface area contributed by atoms with Crippen molar-refractivity contribution in [3.8, 4) is 0 Å². The Bertz CT molecular complexity index is 2300. The lowest BCUT2D eigenvalue weighted by Crippen LogP contribution is -2.24. The molecule has 4 heterocycles. The molecule has 6 heteroatoms. The topological polar surface area (TPSA) is 29.3 Å². The molecule has 0 amide bonds. The highest BCUT2D eigenvalue weighted by Gasteiger charge is 2.29. The van der Waals surface area contributed by atoms with Crippen LogP contribution in [0.5, 0.6) is 0 Å². The maximum Gasteiger partial charge on any atom is 0.197 e. The Labute approximate surface area is 230 Å². The Balaban J connectivity index is 1.55. The van der Waals surface area contributed by atoms with Crippen LogP contribution in [-0.4, -0.2) is 16.0 Å². The Morgan fingerprint density at radius 2 is 1.26 bits per heavy atom. The molecule has 5 aromatic carbocycles. The number of nitrogens with one attached hydrogen (secondary N) is 1. The first-order valence-corrected chi connectivity index (χ1v) is 14.6. The molecular weight excluding hydrogens is 526 g/mol. The van der Waals surface area contributed by atoms with E-state index in [4.69, 9.17) is 16.6 Å². The summed E-state index contributed by atoms with van der Waals surface area (Å²) in [6, 6.07) is 34.8. The Kier molecular flexibility index (Phi) is 4.20. The second kappa shape index (κ2) is 7.58. The predicted molar refractivity (Wildman–Crippen MR) is 167 cm³/mol. The molecular formula is C32H18ClN3S2. The SMILES string of the molecule is ClC1N=C(n2c3ccccc3c3c4ccccc4c4c5ccccc5sc4c32)c2sc3ccccc3c2N1. The van der Waals surface area contributed by atoms with E-state index in [1.807, 2.05) is 11.3 Å². The van der Waals surface area contributed by atoms with Crippen molar-refractivity contribution in [2.24, 2.45) is 4.99 Å². The molecule has 0 aliphatic carbocycles. The van der Waals surface area contributed by atoms with Gasteiger partial charge in [0, 0.05) is 36.3 Å². The van der Waals surface area contributed by atoms with Crippen molar-refractivity contribution >= 4 is 109 Å². The normalized spacial score (nSPS) is 15.6. The van der Waals surface area contributed by atoms with E-state index in [2.05, 4.69) is 107 Å². The summed E-state index contributed by atoms with van der Waals surface area (Å²) in [5.74, 6) is 0.903. The third-order valence-electron chi connectivity index (χ3n) is 7.66. The highest BCUT2D eigenvalue weighted by molar-refractivity contribution is 7.27. The fourth-order valence-electron chi connectivity index (χ4n) is 6.17. The molecule has 3 nitrogen and oxygen atoms in total. The first-order valence-electron chi connectivity index (χ1n) is 12.5. The van der Waals surface area contributed by atoms with E-state index in [1.165, 1.54) is 57.3 Å². The lowest BCUT2D eigenvalue weighted by atomic mass is 9.99. The minimum Gasteiger partial charge on any atom is -0.349 e. The molecule has 0 fully saturated rings. The van der Waals surface area contributed by atoms with E-state index < -0.39 is 5.62 Å². The number of aliphatic imine (C=N–C) groups is 1. The highest BCUT2D eigenvalue weighted by Crippen LogP contribution is 2.48. The number of benzene rings is 5. The van der Waals surface area contributed by atoms with Crippen molar-refractivity contribution in [3.63, 3.8) is 0 Å². The van der Waals surface area contributed by atoms with Crippen LogP contribution in [0.4, 0.5) is 5.69 Å². The zero-order chi connectivity index (χ0) is 25.0. The fraction of sp³-hybridized carbons (Fsp3) is 0.0312. The first-order chi connectivity index (χ1) is 18.8. The third-order valence-corrected chi connectivity index (χ3v) is 10.2. The number of anilines is 1. The van der Waals surface area contributed by atoms with Crippen LogP contribution in [0.1, 0.15) is 4.88 Å². The van der Waals surface area contributed by atoms with Gasteiger partial charge in [0.2, 0.25) is 0 Å². The molecule has 3 aromatic heterocycles. The molecule has 0 saturated heterocycles. The van der Waals surface area contributed by atoms with E-state index in [9.17, 15) is 0 Å². The van der Waals surface area contributed by atoms with Gasteiger partial charge in [0.25, 0.3) is 0 Å². The van der Waals surface area contributed by atoms with E-state index in [0.29, 0.717) is 0 Å². The average molecular weight is 544 g/mol. The number of alkyl halides is 1. The van der Waals surface area contributed by atoms with Crippen LogP contribution >= 0.6 is 34.3 Å². The number of hydrogen-bond donors (Lipinski definition) is 1. The lowest BCUT2D eigenvalue weighted by Gasteiger charge is -2.21. The zero-order valence-corrected chi connectivity index (χ0v) is 22.3. The van der Waals surface area contributed by atoms with Crippen LogP contribution < -0.4 is 5.32 Å². The monoisotopic (exact) mass is 543 g/mol. The average Bonchev–Trinajstić information content (AvgIpc) is 3.63. The molecule has 8 aromatic rings. The molecule has 0 bridgehead atoms. The van der Waals surface area contributed by atoms with Crippen molar-refractivity contribution in [2.45, 2.75) is 5.62 Å². The second-order valence-corrected chi connectivity index (χ2v) is 12.2. The van der Waals surface area contributed by atoms with Gasteiger partial charge in [0.05, 0.1) is 26.3 Å². The van der Waals surface area contributed by atoms with E-state index >= 15 is 0 Å². The van der Waals surface area contributed by atoms with Crippen molar-refractivity contribution in [1.29, 1.82) is 0 Å². The number of hydrogen-bond acceptors (Lipinski definition) is 4. The van der Waals surface area contributed by atoms with Gasteiger partial charge in [-0.15, -0.1) is 22.7 Å². The maximum atomic E-state index is 6.79. The quantitative estimate of drug-likeness (QED) is 0.150. The molecule has 9 rings (SSSR count). The number of rotatable bonds is 0. The standard InChI is InChI=1S/C32H18ClN3S2/c33-32-34-27-21-13-5-8-16-24(21)38-30(27)31(35-32)36-22-14-6-3-11-19(22)25-17-9-1-2-10-18(17)26-20-12-4-7-15-23(20)37-29(26)28(25)36/h1-16,32,34H. The molecule has 1 unspecified atom stereocenters. The molecule has 1 atom stereocenters. The molecule has 1 aliphatic heterocycles. The smallest absolute Gasteiger partial charge is 0.197 e. The van der Waals surface area contributed by atoms with Gasteiger partial charge in [0.15, 0.2) is 11.5 Å². The van der Waals surface area contributed by atoms with Gasteiger partial charge in [-0.1, -0.05) is 90.5 Å². The van der Waals surface area contributed by atoms with Crippen LogP contribution in [0.15, 0.2) is 102 Å². The van der Waals surface area contributed by atoms with Gasteiger partial charge >= 0.3 is 0 Å². The minimum atomic E-state index is -0.551. The summed E-state index contributed by atoms with van der Waals surface area (Å²) in [5.41, 5.74) is 2.86. The van der Waals surface area contributed by atoms with E-state index in [0.717, 1.165) is 21.9 Å². The minimum absolute atomic E-state index is 0.551. The largest absolute Gasteiger partial charge is 0.349 e. The van der Waals surface area contributed by atoms with Gasteiger partial charge in [0.1, 0.15) is 0 Å². The highest BCUT2D eigenvalue weighted by atomic mass is 35.5. The number of halogens is 1. The fourth-order valence-corrected chi connectivity index (χ4v) is 8.78. The summed E-state index contributed by atoms with van der Waals surface area (Å²) in [6.45, 7) is 0. The van der Waals surface area contributed by atoms with Crippen molar-refractivity contribution in [2.75, 3.05) is 5.32 Å². The molecule has 180 valence electrons. The molecule has 1 aliphatic rings. The Morgan fingerprint density at radius 1 is 0.658 bits per heavy atom. The van der Waals surface area contributed by atoms with Crippen LogP contribution in [-0.2, 0) is 0 Å². The van der Waals surface area contributed by atoms with Gasteiger partial charge in [-0.2, -0.15) is 0 Å². The predicted octanol–water partition coefficient (Wildman–Crippen LogP) is 9.77. The zero-order valence-electron chi connectivity index (χ0n) is 19.9. The van der Waals surface area contributed by atoms with Crippen LogP contribution in [0.25, 0.3) is 62.8 Å². The molecule has 38 heavy (non-hydrogen) atoms. The van der Waals surface area contributed by atoms with Gasteiger partial charge < -0.3 is 5.32 Å². The van der Waals surface area contributed by atoms with Crippen molar-refractivity contribution < 1.29 is 0 Å². The van der Waals surface area contributed by atoms with Crippen LogP contribution in [0, 0.1) is 0 Å². The van der Waals surface area contributed by atoms with Crippen molar-refractivity contribution in [1.82, 2.24) is 4.57 Å². The van der Waals surface area contributed by atoms with Crippen LogP contribution in [0.2, 0.25) is 0 Å². The summed E-state index contributed by atoms with van der Waals surface area (Å²) in [7, 11) is 0. The summed E-state index contributed by atoms with van der Waals surface area (Å²) < 4.78 is 6.17. The molecule has 0 radical (unpaired) electrons. The van der Waals surface area contributed by atoms with Gasteiger partial charge in [-0.3, -0.25) is 4.57 Å². The Morgan fingerprint density at radius 3 is 2.05 bits per heavy atom. The third kappa shape index (κ3) is 2.66. The summed E-state index contributed by atoms with van der Waals surface area (Å²) in [5, 5.41) is 12.3. The maximum absolute atomic E-state index is 6.79. The lowest BCUT2D eigenvalue weighted by molar-refractivity contribution is 1.01. The number of aromatic nitrogens is 1. The van der Waals surface area contributed by atoms with Crippen molar-refractivity contribution in [3.05, 3.63) is 102 Å². The Hall–Kier alpha value is -3.90. The van der Waals surface area contributed by atoms with E-state index in [-0.39, 0.29) is 0 Å². The molecule has 1 N–H and O–H groups in total. The number of fused-ring (bicyclic) bond motifs is 13. The summed E-state index contributed by atoms with van der Waals surface area (Å²) >= 11 is 10.4. The molecule has 0 spiro atoms. The van der Waals surface area contributed by atoms with Gasteiger partial charge in [-0.05, 0) is 29.0 Å². The summed E-state index contributed by atoms with van der Waals surface area (Å²) in [6.07, 6.45) is 0.